The first-order valence-corrected chi connectivity index (χ1v) is 12.4. The lowest BCUT2D eigenvalue weighted by Gasteiger charge is -2.38. The molecule has 2 fully saturated rings. The second-order valence-corrected chi connectivity index (χ2v) is 9.70. The van der Waals surface area contributed by atoms with Gasteiger partial charge < -0.3 is 24.4 Å². The van der Waals surface area contributed by atoms with Crippen molar-refractivity contribution < 1.29 is 29.0 Å². The zero-order chi connectivity index (χ0) is 24.6. The van der Waals surface area contributed by atoms with Crippen LogP contribution in [0.15, 0.2) is 54.6 Å². The smallest absolute Gasteiger partial charge is 0.313 e. The Bertz CT molecular complexity index is 1060. The SMILES string of the molecule is CC[C@@]12C=CCCOC(=O)[C@@H]1[C@H]1C(=O)N(CCCO)C3C(=O)N(Cc4ccccc4)CC=C[C@@]31O2. The van der Waals surface area contributed by atoms with Gasteiger partial charge in [-0.3, -0.25) is 14.4 Å². The lowest BCUT2D eigenvalue weighted by Crippen LogP contribution is -2.56. The third kappa shape index (κ3) is 3.70. The van der Waals surface area contributed by atoms with E-state index in [2.05, 4.69) is 0 Å². The van der Waals surface area contributed by atoms with Gasteiger partial charge in [-0.1, -0.05) is 61.6 Å². The minimum atomic E-state index is -1.29. The van der Waals surface area contributed by atoms with Crippen LogP contribution in [0, 0.1) is 11.8 Å². The van der Waals surface area contributed by atoms with E-state index < -0.39 is 35.0 Å². The first kappa shape index (κ1) is 23.8. The van der Waals surface area contributed by atoms with Gasteiger partial charge in [-0.2, -0.15) is 0 Å². The highest BCUT2D eigenvalue weighted by Gasteiger charge is 2.75. The molecule has 0 aromatic heterocycles. The fraction of sp³-hybridized carbons (Fsp3) is 0.519. The summed E-state index contributed by atoms with van der Waals surface area (Å²) in [7, 11) is 0. The largest absolute Gasteiger partial charge is 0.465 e. The van der Waals surface area contributed by atoms with Crippen molar-refractivity contribution in [3.63, 3.8) is 0 Å². The molecule has 1 unspecified atom stereocenters. The topological polar surface area (TPSA) is 96.4 Å². The normalized spacial score (nSPS) is 34.1. The maximum Gasteiger partial charge on any atom is 0.313 e. The first-order valence-electron chi connectivity index (χ1n) is 12.4. The second-order valence-electron chi connectivity index (χ2n) is 9.70. The van der Waals surface area contributed by atoms with Crippen molar-refractivity contribution in [1.82, 2.24) is 9.80 Å². The maximum absolute atomic E-state index is 14.1. The number of carbonyl (C=O) groups is 3. The summed E-state index contributed by atoms with van der Waals surface area (Å²) in [4.78, 5) is 44.6. The van der Waals surface area contributed by atoms with Crippen LogP contribution in [0.25, 0.3) is 0 Å². The third-order valence-electron chi connectivity index (χ3n) is 7.76. The Morgan fingerprint density at radius 3 is 2.60 bits per heavy atom. The number of cyclic esters (lactones) is 1. The van der Waals surface area contributed by atoms with Crippen molar-refractivity contribution in [2.24, 2.45) is 11.8 Å². The minimum Gasteiger partial charge on any atom is -0.465 e. The molecule has 5 atom stereocenters. The van der Waals surface area contributed by atoms with Crippen LogP contribution in [0.4, 0.5) is 0 Å². The Kier molecular flexibility index (Phi) is 6.27. The summed E-state index contributed by atoms with van der Waals surface area (Å²) in [6, 6.07) is 8.78. The highest BCUT2D eigenvalue weighted by atomic mass is 16.6. The van der Waals surface area contributed by atoms with Crippen molar-refractivity contribution >= 4 is 17.8 Å². The van der Waals surface area contributed by atoms with Gasteiger partial charge >= 0.3 is 5.97 Å². The van der Waals surface area contributed by atoms with Gasteiger partial charge in [0, 0.05) is 26.2 Å². The number of nitrogens with zero attached hydrogens (tertiary/aromatic N) is 2. The molecular formula is C27H32N2O6. The molecule has 4 heterocycles. The molecule has 0 radical (unpaired) electrons. The predicted octanol–water partition coefficient (Wildman–Crippen LogP) is 1.83. The summed E-state index contributed by atoms with van der Waals surface area (Å²) in [5.41, 5.74) is -1.33. The Balaban J connectivity index is 1.60. The van der Waals surface area contributed by atoms with Gasteiger partial charge in [0.1, 0.15) is 23.2 Å². The Hall–Kier alpha value is -2.97. The fourth-order valence-corrected chi connectivity index (χ4v) is 6.20. The molecule has 2 saturated heterocycles. The van der Waals surface area contributed by atoms with Crippen LogP contribution in [0.5, 0.6) is 0 Å². The summed E-state index contributed by atoms with van der Waals surface area (Å²) >= 11 is 0. The summed E-state index contributed by atoms with van der Waals surface area (Å²) in [6.45, 7) is 3.03. The standard InChI is InChI=1S/C27H32N2O6/c1-2-26-12-6-7-17-34-25(33)21(26)20-23(31)29(15-9-16-30)22-24(32)28(14-8-13-27(20,22)35-26)18-19-10-4-3-5-11-19/h3-6,8,10-13,20-22,30H,2,7,9,14-18H2,1H3/t20-,21-,22?,26+,27-/m0/s1. The lowest BCUT2D eigenvalue weighted by atomic mass is 9.73. The number of hydrogen-bond donors (Lipinski definition) is 1. The van der Waals surface area contributed by atoms with Crippen LogP contribution in [0.2, 0.25) is 0 Å². The van der Waals surface area contributed by atoms with Crippen molar-refractivity contribution in [2.45, 2.75) is 50.0 Å². The van der Waals surface area contributed by atoms with E-state index in [1.54, 1.807) is 4.90 Å². The van der Waals surface area contributed by atoms with Crippen LogP contribution in [-0.4, -0.2) is 76.2 Å². The molecule has 0 aliphatic carbocycles. The lowest BCUT2D eigenvalue weighted by molar-refractivity contribution is -0.162. The monoisotopic (exact) mass is 480 g/mol. The van der Waals surface area contributed by atoms with Gasteiger partial charge in [0.25, 0.3) is 0 Å². The van der Waals surface area contributed by atoms with Gasteiger partial charge in [0.2, 0.25) is 11.8 Å². The second kappa shape index (κ2) is 9.24. The number of carbonyl (C=O) groups excluding carboxylic acids is 3. The number of fused-ring (bicyclic) bond motifs is 2. The Morgan fingerprint density at radius 1 is 1.06 bits per heavy atom. The van der Waals surface area contributed by atoms with E-state index in [4.69, 9.17) is 9.47 Å². The number of benzene rings is 1. The van der Waals surface area contributed by atoms with E-state index in [-0.39, 0.29) is 31.6 Å². The predicted molar refractivity (Wildman–Crippen MR) is 127 cm³/mol. The number of ether oxygens (including phenoxy) is 2. The first-order chi connectivity index (χ1) is 17.0. The summed E-state index contributed by atoms with van der Waals surface area (Å²) < 4.78 is 12.3. The molecule has 4 aliphatic rings. The molecule has 1 aromatic rings. The molecule has 1 N–H and O–H groups in total. The van der Waals surface area contributed by atoms with Crippen LogP contribution >= 0.6 is 0 Å². The highest BCUT2D eigenvalue weighted by Crippen LogP contribution is 2.58. The zero-order valence-corrected chi connectivity index (χ0v) is 20.0. The molecular weight excluding hydrogens is 448 g/mol. The molecule has 1 aromatic carbocycles. The van der Waals surface area contributed by atoms with Crippen LogP contribution < -0.4 is 0 Å². The van der Waals surface area contributed by atoms with Crippen molar-refractivity contribution in [1.29, 1.82) is 0 Å². The number of esters is 1. The van der Waals surface area contributed by atoms with E-state index in [0.29, 0.717) is 32.4 Å². The fourth-order valence-electron chi connectivity index (χ4n) is 6.20. The molecule has 8 heteroatoms. The minimum absolute atomic E-state index is 0.111. The zero-order valence-electron chi connectivity index (χ0n) is 20.0. The molecule has 2 amide bonds. The molecule has 1 spiro atoms. The molecule has 5 rings (SSSR count). The molecule has 4 aliphatic heterocycles. The van der Waals surface area contributed by atoms with Gasteiger partial charge in [-0.15, -0.1) is 0 Å². The number of hydrogen-bond acceptors (Lipinski definition) is 6. The quantitative estimate of drug-likeness (QED) is 0.493. The molecule has 35 heavy (non-hydrogen) atoms. The average molecular weight is 481 g/mol. The van der Waals surface area contributed by atoms with Crippen molar-refractivity contribution in [3.8, 4) is 0 Å². The summed E-state index contributed by atoms with van der Waals surface area (Å²) in [6.07, 6.45) is 8.93. The van der Waals surface area contributed by atoms with Crippen molar-refractivity contribution in [3.05, 3.63) is 60.2 Å². The van der Waals surface area contributed by atoms with Gasteiger partial charge in [-0.25, -0.2) is 0 Å². The van der Waals surface area contributed by atoms with Crippen LogP contribution in [0.3, 0.4) is 0 Å². The van der Waals surface area contributed by atoms with E-state index in [1.165, 1.54) is 4.90 Å². The van der Waals surface area contributed by atoms with Gasteiger partial charge in [0.05, 0.1) is 12.5 Å². The van der Waals surface area contributed by atoms with E-state index >= 15 is 0 Å². The molecule has 186 valence electrons. The van der Waals surface area contributed by atoms with Crippen LogP contribution in [-0.2, 0) is 30.4 Å². The Morgan fingerprint density at radius 2 is 1.86 bits per heavy atom. The Labute approximate surface area is 205 Å². The highest BCUT2D eigenvalue weighted by molar-refractivity contribution is 5.99. The molecule has 8 nitrogen and oxygen atoms in total. The van der Waals surface area contributed by atoms with Crippen molar-refractivity contribution in [2.75, 3.05) is 26.3 Å². The molecule has 0 bridgehead atoms. The van der Waals surface area contributed by atoms with Crippen LogP contribution in [0.1, 0.15) is 31.7 Å². The van der Waals surface area contributed by atoms with Gasteiger partial charge in [-0.05, 0) is 24.8 Å². The summed E-state index contributed by atoms with van der Waals surface area (Å²) in [5.74, 6) is -2.70. The average Bonchev–Trinajstić information content (AvgIpc) is 3.21. The van der Waals surface area contributed by atoms with E-state index in [1.807, 2.05) is 61.6 Å². The number of aliphatic hydroxyl groups excluding tert-OH is 1. The number of amides is 2. The van der Waals surface area contributed by atoms with Gasteiger partial charge in [0.15, 0.2) is 0 Å². The summed E-state index contributed by atoms with van der Waals surface area (Å²) in [5, 5.41) is 9.49. The van der Waals surface area contributed by atoms with E-state index in [9.17, 15) is 19.5 Å². The number of rotatable bonds is 6. The maximum atomic E-state index is 14.1. The number of aliphatic hydroxyl groups is 1. The molecule has 0 saturated carbocycles. The third-order valence-corrected chi connectivity index (χ3v) is 7.76. The van der Waals surface area contributed by atoms with E-state index in [0.717, 1.165) is 5.56 Å². The number of likely N-dealkylation sites (tertiary alicyclic amines) is 1.